The average Bonchev–Trinajstić information content (AvgIpc) is 3.11. The molecule has 5 rings (SSSR count). The topological polar surface area (TPSA) is 54.9 Å². The monoisotopic (exact) mass is 407 g/mol. The fraction of sp³-hybridized carbons (Fsp3) is 0.500. The van der Waals surface area contributed by atoms with Crippen LogP contribution in [0.15, 0.2) is 48.8 Å². The molecule has 2 aromatic rings. The minimum atomic E-state index is -0.816. The van der Waals surface area contributed by atoms with E-state index in [2.05, 4.69) is 16.0 Å². The molecule has 0 bridgehead atoms. The molecule has 0 N–H and O–H groups in total. The van der Waals surface area contributed by atoms with Gasteiger partial charge in [-0.3, -0.25) is 14.7 Å². The van der Waals surface area contributed by atoms with E-state index in [-0.39, 0.29) is 11.8 Å². The van der Waals surface area contributed by atoms with Crippen LogP contribution in [0, 0.1) is 0 Å². The number of carbonyl (C=O) groups is 1. The summed E-state index contributed by atoms with van der Waals surface area (Å²) in [6.07, 6.45) is 7.41. The van der Waals surface area contributed by atoms with Gasteiger partial charge in [-0.25, -0.2) is 0 Å². The Kier molecular flexibility index (Phi) is 5.21. The van der Waals surface area contributed by atoms with Crippen molar-refractivity contribution >= 4 is 5.91 Å². The number of pyridine rings is 1. The van der Waals surface area contributed by atoms with Crippen LogP contribution in [0.1, 0.15) is 36.3 Å². The summed E-state index contributed by atoms with van der Waals surface area (Å²) in [7, 11) is 1.66. The molecule has 3 fully saturated rings. The van der Waals surface area contributed by atoms with Crippen LogP contribution in [0.25, 0.3) is 0 Å². The molecular weight excluding hydrogens is 378 g/mol. The predicted molar refractivity (Wildman–Crippen MR) is 113 cm³/mol. The third-order valence-electron chi connectivity index (χ3n) is 7.00. The number of likely N-dealkylation sites (tertiary alicyclic amines) is 1. The Bertz CT molecular complexity index is 884. The molecular formula is C24H29N3O3. The minimum absolute atomic E-state index is 0.0120. The van der Waals surface area contributed by atoms with E-state index in [1.807, 2.05) is 41.4 Å². The first kappa shape index (κ1) is 19.5. The van der Waals surface area contributed by atoms with Crippen molar-refractivity contribution in [2.45, 2.75) is 43.4 Å². The van der Waals surface area contributed by atoms with Crippen molar-refractivity contribution in [1.29, 1.82) is 0 Å². The van der Waals surface area contributed by atoms with Crippen LogP contribution in [-0.4, -0.2) is 65.7 Å². The van der Waals surface area contributed by atoms with E-state index in [1.165, 1.54) is 19.3 Å². The molecule has 2 aliphatic heterocycles. The smallest absolute Gasteiger partial charge is 0.257 e. The van der Waals surface area contributed by atoms with E-state index in [0.717, 1.165) is 23.4 Å². The standard InChI is InChI=1S/C24H29N3O3/c1-29-21-9-7-18(8-10-21)15-26-12-13-30-24(23(26)28)17-27(20-5-2-6-20)16-22(24)19-4-3-11-25-14-19/h3-4,7-11,14,20,22H,2,5-6,12-13,15-17H2,1H3. The number of aromatic nitrogens is 1. The number of morpholine rings is 1. The second-order valence-electron chi connectivity index (χ2n) is 8.67. The number of benzene rings is 1. The fourth-order valence-corrected chi connectivity index (χ4v) is 5.08. The highest BCUT2D eigenvalue weighted by atomic mass is 16.5. The zero-order valence-electron chi connectivity index (χ0n) is 17.5. The molecule has 158 valence electrons. The van der Waals surface area contributed by atoms with Gasteiger partial charge in [0.05, 0.1) is 13.7 Å². The van der Waals surface area contributed by atoms with E-state index in [4.69, 9.17) is 9.47 Å². The zero-order valence-corrected chi connectivity index (χ0v) is 17.5. The first-order valence-electron chi connectivity index (χ1n) is 10.9. The molecule has 0 radical (unpaired) electrons. The molecule has 30 heavy (non-hydrogen) atoms. The molecule has 3 heterocycles. The molecule has 2 unspecified atom stereocenters. The van der Waals surface area contributed by atoms with Gasteiger partial charge < -0.3 is 14.4 Å². The number of hydrogen-bond donors (Lipinski definition) is 0. The highest BCUT2D eigenvalue weighted by molar-refractivity contribution is 5.88. The van der Waals surface area contributed by atoms with E-state index >= 15 is 0 Å². The molecule has 6 heteroatoms. The fourth-order valence-electron chi connectivity index (χ4n) is 5.08. The third-order valence-corrected chi connectivity index (χ3v) is 7.00. The predicted octanol–water partition coefficient (Wildman–Crippen LogP) is 2.84. The number of nitrogens with zero attached hydrogens (tertiary/aromatic N) is 3. The number of amides is 1. The van der Waals surface area contributed by atoms with E-state index in [9.17, 15) is 4.79 Å². The van der Waals surface area contributed by atoms with Gasteiger partial charge in [0.1, 0.15) is 5.75 Å². The van der Waals surface area contributed by atoms with E-state index in [1.54, 1.807) is 13.3 Å². The zero-order chi connectivity index (χ0) is 20.6. The maximum Gasteiger partial charge on any atom is 0.257 e. The molecule has 1 saturated carbocycles. The van der Waals surface area contributed by atoms with Crippen LogP contribution in [0.3, 0.4) is 0 Å². The lowest BCUT2D eigenvalue weighted by molar-refractivity contribution is -0.173. The Balaban J connectivity index is 1.42. The number of hydrogen-bond acceptors (Lipinski definition) is 5. The lowest BCUT2D eigenvalue weighted by atomic mass is 9.83. The summed E-state index contributed by atoms with van der Waals surface area (Å²) in [5.41, 5.74) is 1.38. The van der Waals surface area contributed by atoms with Crippen LogP contribution in [0.2, 0.25) is 0 Å². The summed E-state index contributed by atoms with van der Waals surface area (Å²) in [5, 5.41) is 0. The Labute approximate surface area is 177 Å². The summed E-state index contributed by atoms with van der Waals surface area (Å²) in [6, 6.07) is 12.6. The molecule has 2 saturated heterocycles. The van der Waals surface area contributed by atoms with E-state index < -0.39 is 5.60 Å². The van der Waals surface area contributed by atoms with Gasteiger partial charge in [-0.2, -0.15) is 0 Å². The second kappa shape index (κ2) is 8.00. The molecule has 1 spiro atoms. The highest BCUT2D eigenvalue weighted by Crippen LogP contribution is 2.44. The molecule has 1 aromatic carbocycles. The highest BCUT2D eigenvalue weighted by Gasteiger charge is 2.58. The molecule has 1 aromatic heterocycles. The van der Waals surface area contributed by atoms with Crippen molar-refractivity contribution in [3.8, 4) is 5.75 Å². The van der Waals surface area contributed by atoms with Gasteiger partial charge >= 0.3 is 0 Å². The van der Waals surface area contributed by atoms with E-state index in [0.29, 0.717) is 32.3 Å². The summed E-state index contributed by atoms with van der Waals surface area (Å²) in [5.74, 6) is 0.949. The number of methoxy groups -OCH3 is 1. The molecule has 1 amide bonds. The SMILES string of the molecule is COc1ccc(CN2CCOC3(CN(C4CCC4)CC3c3cccnc3)C2=O)cc1. The average molecular weight is 408 g/mol. The summed E-state index contributed by atoms with van der Waals surface area (Å²) in [4.78, 5) is 22.6. The number of rotatable bonds is 5. The van der Waals surface area contributed by atoms with Gasteiger partial charge in [-0.1, -0.05) is 24.6 Å². The summed E-state index contributed by atoms with van der Waals surface area (Å²) >= 11 is 0. The van der Waals surface area contributed by atoms with Crippen LogP contribution in [0.4, 0.5) is 0 Å². The first-order chi connectivity index (χ1) is 14.7. The Morgan fingerprint density at radius 2 is 2.07 bits per heavy atom. The molecule has 3 aliphatic rings. The minimum Gasteiger partial charge on any atom is -0.497 e. The van der Waals surface area contributed by atoms with Crippen molar-refractivity contribution in [3.63, 3.8) is 0 Å². The molecule has 1 aliphatic carbocycles. The van der Waals surface area contributed by atoms with Crippen LogP contribution in [-0.2, 0) is 16.1 Å². The third kappa shape index (κ3) is 3.38. The first-order valence-corrected chi connectivity index (χ1v) is 10.9. The lowest BCUT2D eigenvalue weighted by Crippen LogP contribution is -2.60. The Hall–Kier alpha value is -2.44. The van der Waals surface area contributed by atoms with Crippen molar-refractivity contribution in [3.05, 3.63) is 59.9 Å². The normalized spacial score (nSPS) is 27.4. The summed E-state index contributed by atoms with van der Waals surface area (Å²) in [6.45, 7) is 3.32. The Morgan fingerprint density at radius 3 is 2.73 bits per heavy atom. The van der Waals surface area contributed by atoms with Gasteiger partial charge in [0.15, 0.2) is 5.60 Å². The van der Waals surface area contributed by atoms with Gasteiger partial charge in [-0.15, -0.1) is 0 Å². The molecule has 2 atom stereocenters. The number of carbonyl (C=O) groups excluding carboxylic acids is 1. The van der Waals surface area contributed by atoms with Crippen molar-refractivity contribution in [2.24, 2.45) is 0 Å². The largest absolute Gasteiger partial charge is 0.497 e. The maximum absolute atomic E-state index is 13.9. The number of ether oxygens (including phenoxy) is 2. The van der Waals surface area contributed by atoms with Gasteiger partial charge in [0.25, 0.3) is 5.91 Å². The molecule has 6 nitrogen and oxygen atoms in total. The second-order valence-corrected chi connectivity index (χ2v) is 8.67. The van der Waals surface area contributed by atoms with Crippen LogP contribution < -0.4 is 4.74 Å². The van der Waals surface area contributed by atoms with Crippen LogP contribution in [0.5, 0.6) is 5.75 Å². The van der Waals surface area contributed by atoms with Crippen molar-refractivity contribution in [1.82, 2.24) is 14.8 Å². The van der Waals surface area contributed by atoms with Crippen molar-refractivity contribution in [2.75, 3.05) is 33.4 Å². The van der Waals surface area contributed by atoms with Crippen molar-refractivity contribution < 1.29 is 14.3 Å². The Morgan fingerprint density at radius 1 is 1.23 bits per heavy atom. The van der Waals surface area contributed by atoms with Gasteiger partial charge in [0.2, 0.25) is 0 Å². The van der Waals surface area contributed by atoms with Crippen LogP contribution >= 0.6 is 0 Å². The maximum atomic E-state index is 13.9. The lowest BCUT2D eigenvalue weighted by Gasteiger charge is -2.43. The van der Waals surface area contributed by atoms with Gasteiger partial charge in [-0.05, 0) is 42.2 Å². The quantitative estimate of drug-likeness (QED) is 0.763. The van der Waals surface area contributed by atoms with Gasteiger partial charge in [0, 0.05) is 50.5 Å². The summed E-state index contributed by atoms with van der Waals surface area (Å²) < 4.78 is 11.6.